The Kier molecular flexibility index (Phi) is 4.16. The van der Waals surface area contributed by atoms with E-state index in [0.717, 1.165) is 0 Å². The number of primary amides is 1. The molecule has 0 atom stereocenters. The van der Waals surface area contributed by atoms with Crippen LogP contribution in [0, 0.1) is 5.41 Å². The number of anilines is 1. The third-order valence-electron chi connectivity index (χ3n) is 3.40. The Morgan fingerprint density at radius 3 is 2.95 bits per heavy atom. The summed E-state index contributed by atoms with van der Waals surface area (Å²) in [6.45, 7) is 1.49. The van der Waals surface area contributed by atoms with Gasteiger partial charge in [0.1, 0.15) is 0 Å². The summed E-state index contributed by atoms with van der Waals surface area (Å²) in [5, 5.41) is 3.05. The van der Waals surface area contributed by atoms with E-state index in [1.165, 1.54) is 7.11 Å². The summed E-state index contributed by atoms with van der Waals surface area (Å²) >= 11 is 0. The lowest BCUT2D eigenvalue weighted by Crippen LogP contribution is -2.46. The molecule has 0 radical (unpaired) electrons. The predicted octanol–water partition coefficient (Wildman–Crippen LogP) is 0.179. The molecule has 1 aromatic rings. The van der Waals surface area contributed by atoms with Crippen LogP contribution in [0.1, 0.15) is 12.8 Å². The van der Waals surface area contributed by atoms with E-state index >= 15 is 0 Å². The van der Waals surface area contributed by atoms with Crippen molar-refractivity contribution in [3.63, 3.8) is 0 Å². The Labute approximate surface area is 111 Å². The van der Waals surface area contributed by atoms with Gasteiger partial charge in [-0.1, -0.05) is 0 Å². The number of nitrogens with one attached hydrogen (secondary N) is 1. The number of hydrogen-bond acceptors (Lipinski definition) is 6. The van der Waals surface area contributed by atoms with E-state index < -0.39 is 5.41 Å². The van der Waals surface area contributed by atoms with Gasteiger partial charge in [0.25, 0.3) is 0 Å². The van der Waals surface area contributed by atoms with Crippen molar-refractivity contribution in [1.29, 1.82) is 0 Å². The monoisotopic (exact) mass is 266 g/mol. The van der Waals surface area contributed by atoms with Gasteiger partial charge in [0.15, 0.2) is 0 Å². The number of nitrogens with two attached hydrogens (primary N) is 1. The molecule has 7 nitrogen and oxygen atoms in total. The highest BCUT2D eigenvalue weighted by atomic mass is 16.5. The smallest absolute Gasteiger partial charge is 0.225 e. The predicted molar refractivity (Wildman–Crippen MR) is 68.8 cm³/mol. The molecule has 1 aliphatic heterocycles. The molecule has 19 heavy (non-hydrogen) atoms. The van der Waals surface area contributed by atoms with Crippen molar-refractivity contribution in [2.75, 3.05) is 32.2 Å². The lowest BCUT2D eigenvalue weighted by Gasteiger charge is -2.34. The summed E-state index contributed by atoms with van der Waals surface area (Å²) in [5.41, 5.74) is 4.93. The molecule has 1 aromatic heterocycles. The standard InChI is InChI=1S/C12H18N4O3/c1-18-9-2-5-14-11(16-9)15-8-12(10(13)17)3-6-19-7-4-12/h2,5H,3-4,6-8H2,1H3,(H2,13,17)(H,14,15,16). The molecule has 2 heterocycles. The maximum Gasteiger partial charge on any atom is 0.225 e. The fourth-order valence-electron chi connectivity index (χ4n) is 2.06. The summed E-state index contributed by atoms with van der Waals surface area (Å²) in [6, 6.07) is 1.66. The second kappa shape index (κ2) is 5.83. The molecule has 1 fully saturated rings. The van der Waals surface area contributed by atoms with E-state index in [1.54, 1.807) is 12.3 Å². The van der Waals surface area contributed by atoms with Crippen molar-refractivity contribution < 1.29 is 14.3 Å². The molecule has 1 saturated heterocycles. The van der Waals surface area contributed by atoms with Crippen LogP contribution >= 0.6 is 0 Å². The Morgan fingerprint density at radius 1 is 1.58 bits per heavy atom. The average molecular weight is 266 g/mol. The number of carbonyl (C=O) groups is 1. The Balaban J connectivity index is 2.04. The number of aromatic nitrogens is 2. The van der Waals surface area contributed by atoms with E-state index in [-0.39, 0.29) is 5.91 Å². The fourth-order valence-corrected chi connectivity index (χ4v) is 2.06. The zero-order valence-corrected chi connectivity index (χ0v) is 10.9. The summed E-state index contributed by atoms with van der Waals surface area (Å²) in [6.07, 6.45) is 2.81. The molecule has 0 bridgehead atoms. The van der Waals surface area contributed by atoms with Crippen LogP contribution in [0.25, 0.3) is 0 Å². The van der Waals surface area contributed by atoms with Crippen LogP contribution in [-0.4, -0.2) is 42.7 Å². The van der Waals surface area contributed by atoms with Gasteiger partial charge in [0.05, 0.1) is 12.5 Å². The molecule has 0 spiro atoms. The van der Waals surface area contributed by atoms with E-state index in [2.05, 4.69) is 15.3 Å². The largest absolute Gasteiger partial charge is 0.481 e. The molecular formula is C12H18N4O3. The van der Waals surface area contributed by atoms with Crippen LogP contribution in [0.3, 0.4) is 0 Å². The molecule has 2 rings (SSSR count). The molecule has 0 saturated carbocycles. The number of rotatable bonds is 5. The third kappa shape index (κ3) is 3.11. The van der Waals surface area contributed by atoms with E-state index in [0.29, 0.717) is 44.4 Å². The van der Waals surface area contributed by atoms with Gasteiger partial charge in [-0.2, -0.15) is 4.98 Å². The Morgan fingerprint density at radius 2 is 2.32 bits per heavy atom. The number of amides is 1. The fraction of sp³-hybridized carbons (Fsp3) is 0.583. The van der Waals surface area contributed by atoms with Gasteiger partial charge in [-0.15, -0.1) is 0 Å². The van der Waals surface area contributed by atoms with E-state index in [4.69, 9.17) is 15.2 Å². The van der Waals surface area contributed by atoms with Crippen molar-refractivity contribution in [3.05, 3.63) is 12.3 Å². The first-order valence-corrected chi connectivity index (χ1v) is 6.15. The van der Waals surface area contributed by atoms with Crippen molar-refractivity contribution in [2.45, 2.75) is 12.8 Å². The van der Waals surface area contributed by atoms with Crippen LogP contribution < -0.4 is 15.8 Å². The average Bonchev–Trinajstić information content (AvgIpc) is 2.46. The third-order valence-corrected chi connectivity index (χ3v) is 3.40. The van der Waals surface area contributed by atoms with Crippen LogP contribution in [0.5, 0.6) is 5.88 Å². The van der Waals surface area contributed by atoms with Crippen molar-refractivity contribution in [3.8, 4) is 5.88 Å². The van der Waals surface area contributed by atoms with Gasteiger partial charge in [-0.25, -0.2) is 4.98 Å². The SMILES string of the molecule is COc1ccnc(NCC2(C(N)=O)CCOCC2)n1. The Bertz CT molecular complexity index is 446. The quantitative estimate of drug-likeness (QED) is 0.788. The first-order chi connectivity index (χ1) is 9.16. The van der Waals surface area contributed by atoms with Crippen LogP contribution in [-0.2, 0) is 9.53 Å². The lowest BCUT2D eigenvalue weighted by molar-refractivity contribution is -0.132. The molecule has 0 unspecified atom stereocenters. The van der Waals surface area contributed by atoms with Gasteiger partial charge in [-0.05, 0) is 12.8 Å². The molecule has 1 amide bonds. The molecule has 1 aliphatic rings. The van der Waals surface area contributed by atoms with Crippen LogP contribution in [0.2, 0.25) is 0 Å². The zero-order chi connectivity index (χ0) is 13.7. The van der Waals surface area contributed by atoms with Gasteiger partial charge < -0.3 is 20.5 Å². The molecule has 3 N–H and O–H groups in total. The molecule has 7 heteroatoms. The van der Waals surface area contributed by atoms with Crippen LogP contribution in [0.15, 0.2) is 12.3 Å². The second-order valence-electron chi connectivity index (χ2n) is 4.53. The highest BCUT2D eigenvalue weighted by molar-refractivity contribution is 5.81. The minimum Gasteiger partial charge on any atom is -0.481 e. The summed E-state index contributed by atoms with van der Waals surface area (Å²) in [7, 11) is 1.54. The Hall–Kier alpha value is -1.89. The van der Waals surface area contributed by atoms with Crippen LogP contribution in [0.4, 0.5) is 5.95 Å². The number of hydrogen-bond donors (Lipinski definition) is 2. The lowest BCUT2D eigenvalue weighted by atomic mass is 9.79. The minimum absolute atomic E-state index is 0.314. The normalized spacial score (nSPS) is 17.7. The van der Waals surface area contributed by atoms with Crippen molar-refractivity contribution in [2.24, 2.45) is 11.1 Å². The number of ether oxygens (including phenoxy) is 2. The summed E-state index contributed by atoms with van der Waals surface area (Å²) < 4.78 is 10.3. The highest BCUT2D eigenvalue weighted by Crippen LogP contribution is 2.30. The van der Waals surface area contributed by atoms with Gasteiger partial charge in [0, 0.05) is 32.0 Å². The van der Waals surface area contributed by atoms with Gasteiger partial charge >= 0.3 is 0 Å². The number of methoxy groups -OCH3 is 1. The summed E-state index contributed by atoms with van der Waals surface area (Å²) in [4.78, 5) is 19.9. The maximum absolute atomic E-state index is 11.7. The maximum atomic E-state index is 11.7. The first-order valence-electron chi connectivity index (χ1n) is 6.15. The molecular weight excluding hydrogens is 248 g/mol. The van der Waals surface area contributed by atoms with Crippen molar-refractivity contribution in [1.82, 2.24) is 9.97 Å². The second-order valence-corrected chi connectivity index (χ2v) is 4.53. The molecule has 0 aliphatic carbocycles. The first kappa shape index (κ1) is 13.5. The minimum atomic E-state index is -0.593. The summed E-state index contributed by atoms with van der Waals surface area (Å²) in [5.74, 6) is 0.579. The van der Waals surface area contributed by atoms with E-state index in [9.17, 15) is 4.79 Å². The van der Waals surface area contributed by atoms with Gasteiger partial charge in [-0.3, -0.25) is 4.79 Å². The van der Waals surface area contributed by atoms with Gasteiger partial charge in [0.2, 0.25) is 17.7 Å². The molecule has 104 valence electrons. The zero-order valence-electron chi connectivity index (χ0n) is 10.9. The van der Waals surface area contributed by atoms with E-state index in [1.807, 2.05) is 0 Å². The number of carbonyl (C=O) groups excluding carboxylic acids is 1. The highest BCUT2D eigenvalue weighted by Gasteiger charge is 2.38. The number of nitrogens with zero attached hydrogens (tertiary/aromatic N) is 2. The topological polar surface area (TPSA) is 99.4 Å². The van der Waals surface area contributed by atoms with Crippen molar-refractivity contribution >= 4 is 11.9 Å². The molecule has 0 aromatic carbocycles.